The van der Waals surface area contributed by atoms with Crippen LogP contribution in [0.5, 0.6) is 11.5 Å². The largest absolute Gasteiger partial charge is 0.508 e. The third-order valence-corrected chi connectivity index (χ3v) is 3.69. The van der Waals surface area contributed by atoms with Gasteiger partial charge in [0.2, 0.25) is 0 Å². The van der Waals surface area contributed by atoms with Gasteiger partial charge in [-0.15, -0.1) is 0 Å². The smallest absolute Gasteiger partial charge is 0.115 e. The topological polar surface area (TPSA) is 114 Å². The molecule has 2 aromatic carbocycles. The lowest BCUT2D eigenvalue weighted by atomic mass is 10.1. The molecule has 4 aromatic rings. The second-order valence-corrected chi connectivity index (χ2v) is 5.79. The predicted molar refractivity (Wildman–Crippen MR) is 113 cm³/mol. The average Bonchev–Trinajstić information content (AvgIpc) is 2.82. The van der Waals surface area contributed by atoms with Crippen LogP contribution in [-0.4, -0.2) is 20.2 Å². The molecule has 2 aromatic heterocycles. The number of aromatic hydroxyl groups is 2. The number of rotatable bonds is 1. The van der Waals surface area contributed by atoms with Crippen LogP contribution in [0.2, 0.25) is 0 Å². The fraction of sp³-hybridized carbons (Fsp3) is 0. The summed E-state index contributed by atoms with van der Waals surface area (Å²) in [7, 11) is 0. The molecule has 6 nitrogen and oxygen atoms in total. The van der Waals surface area contributed by atoms with E-state index in [-0.39, 0.29) is 11.5 Å². The Morgan fingerprint density at radius 3 is 1.07 bits per heavy atom. The van der Waals surface area contributed by atoms with Crippen LogP contribution in [0, 0.1) is 22.7 Å². The molecule has 0 bridgehead atoms. The molecule has 146 valence electrons. The fourth-order valence-corrected chi connectivity index (χ4v) is 2.16. The zero-order valence-corrected chi connectivity index (χ0v) is 15.9. The number of benzene rings is 2. The van der Waals surface area contributed by atoms with E-state index in [2.05, 4.69) is 9.97 Å². The minimum Gasteiger partial charge on any atom is -0.508 e. The molecule has 0 aliphatic rings. The van der Waals surface area contributed by atoms with Gasteiger partial charge in [-0.25, -0.2) is 0 Å². The second kappa shape index (κ2) is 11.9. The van der Waals surface area contributed by atoms with Crippen molar-refractivity contribution < 1.29 is 10.2 Å². The number of aromatic nitrogens is 2. The molecule has 30 heavy (non-hydrogen) atoms. The van der Waals surface area contributed by atoms with Crippen LogP contribution in [0.1, 0.15) is 11.1 Å². The van der Waals surface area contributed by atoms with Crippen LogP contribution in [0.15, 0.2) is 97.6 Å². The van der Waals surface area contributed by atoms with E-state index >= 15 is 0 Å². The van der Waals surface area contributed by atoms with E-state index in [4.69, 9.17) is 20.7 Å². The predicted octanol–water partition coefficient (Wildman–Crippen LogP) is 4.67. The van der Waals surface area contributed by atoms with Crippen molar-refractivity contribution in [3.8, 4) is 34.8 Å². The maximum Gasteiger partial charge on any atom is 0.115 e. The highest BCUT2D eigenvalue weighted by atomic mass is 16.3. The molecule has 0 fully saturated rings. The SMILES string of the molecule is N#Cc1ccc(O)cc1.N#Cc1ccc(O)cc1.c1cc(-c2ccncc2)ccn1. The molecule has 6 heteroatoms. The lowest BCUT2D eigenvalue weighted by Gasteiger charge is -1.97. The first-order valence-corrected chi connectivity index (χ1v) is 8.81. The summed E-state index contributed by atoms with van der Waals surface area (Å²) in [6.07, 6.45) is 7.15. The number of nitriles is 2. The number of hydrogen-bond acceptors (Lipinski definition) is 6. The van der Waals surface area contributed by atoms with Gasteiger partial charge in [-0.3, -0.25) is 9.97 Å². The molecule has 0 aliphatic carbocycles. The summed E-state index contributed by atoms with van der Waals surface area (Å²) >= 11 is 0. The van der Waals surface area contributed by atoms with Crippen LogP contribution in [0.25, 0.3) is 11.1 Å². The summed E-state index contributed by atoms with van der Waals surface area (Å²) in [5.41, 5.74) is 3.47. The van der Waals surface area contributed by atoms with E-state index < -0.39 is 0 Å². The van der Waals surface area contributed by atoms with Crippen molar-refractivity contribution in [1.82, 2.24) is 9.97 Å². The van der Waals surface area contributed by atoms with E-state index in [0.29, 0.717) is 11.1 Å². The second-order valence-electron chi connectivity index (χ2n) is 5.79. The van der Waals surface area contributed by atoms with E-state index in [0.717, 1.165) is 0 Å². The van der Waals surface area contributed by atoms with Crippen molar-refractivity contribution in [1.29, 1.82) is 10.5 Å². The fourth-order valence-electron chi connectivity index (χ4n) is 2.16. The summed E-state index contributed by atoms with van der Waals surface area (Å²) in [5, 5.41) is 34.1. The molecular formula is C24H18N4O2. The Bertz CT molecular complexity index is 1010. The highest BCUT2D eigenvalue weighted by Crippen LogP contribution is 2.15. The molecule has 0 spiro atoms. The van der Waals surface area contributed by atoms with Gasteiger partial charge in [-0.05, 0) is 83.9 Å². The summed E-state index contributed by atoms with van der Waals surface area (Å²) < 4.78 is 0. The lowest BCUT2D eigenvalue weighted by molar-refractivity contribution is 0.474. The number of nitrogens with zero attached hydrogens (tertiary/aromatic N) is 4. The van der Waals surface area contributed by atoms with Crippen LogP contribution in [0.3, 0.4) is 0 Å². The van der Waals surface area contributed by atoms with Crippen molar-refractivity contribution >= 4 is 0 Å². The Labute approximate surface area is 174 Å². The zero-order valence-electron chi connectivity index (χ0n) is 15.9. The molecule has 0 saturated carbocycles. The molecule has 0 unspecified atom stereocenters. The quantitative estimate of drug-likeness (QED) is 0.485. The van der Waals surface area contributed by atoms with Gasteiger partial charge in [0.1, 0.15) is 11.5 Å². The van der Waals surface area contributed by atoms with E-state index in [1.165, 1.54) is 35.4 Å². The van der Waals surface area contributed by atoms with Crippen molar-refractivity contribution in [3.63, 3.8) is 0 Å². The van der Waals surface area contributed by atoms with Crippen LogP contribution in [-0.2, 0) is 0 Å². The lowest BCUT2D eigenvalue weighted by Crippen LogP contribution is -1.77. The molecule has 2 N–H and O–H groups in total. The standard InChI is InChI=1S/C10H8N2.2C7H5NO/c1-5-11-6-2-9(1)10-3-7-12-8-4-10;2*8-5-6-1-3-7(9)4-2-6/h1-8H;2*1-4,9H. The van der Waals surface area contributed by atoms with Gasteiger partial charge in [-0.1, -0.05) is 0 Å². The minimum absolute atomic E-state index is 0.189. The van der Waals surface area contributed by atoms with Crippen molar-refractivity contribution in [2.45, 2.75) is 0 Å². The highest BCUT2D eigenvalue weighted by molar-refractivity contribution is 5.61. The van der Waals surface area contributed by atoms with Gasteiger partial charge in [0, 0.05) is 24.8 Å². The number of pyridine rings is 2. The van der Waals surface area contributed by atoms with Gasteiger partial charge in [0.05, 0.1) is 23.3 Å². The molecule has 0 aliphatic heterocycles. The first-order chi connectivity index (χ1) is 14.6. The summed E-state index contributed by atoms with van der Waals surface area (Å²) in [4.78, 5) is 7.91. The molecule has 2 heterocycles. The van der Waals surface area contributed by atoms with Crippen molar-refractivity contribution in [2.75, 3.05) is 0 Å². The Balaban J connectivity index is 0.000000163. The first kappa shape index (κ1) is 21.6. The van der Waals surface area contributed by atoms with Crippen LogP contribution >= 0.6 is 0 Å². The maximum atomic E-state index is 8.74. The van der Waals surface area contributed by atoms with E-state index in [9.17, 15) is 0 Å². The maximum absolute atomic E-state index is 8.74. The van der Waals surface area contributed by atoms with E-state index in [1.807, 2.05) is 36.4 Å². The summed E-state index contributed by atoms with van der Waals surface area (Å²) in [5.74, 6) is 0.378. The van der Waals surface area contributed by atoms with Crippen molar-refractivity contribution in [2.24, 2.45) is 0 Å². The summed E-state index contributed by atoms with van der Waals surface area (Å²) in [6, 6.07) is 24.0. The molecule has 0 amide bonds. The Morgan fingerprint density at radius 2 is 0.800 bits per heavy atom. The minimum atomic E-state index is 0.189. The van der Waals surface area contributed by atoms with Crippen LogP contribution < -0.4 is 0 Å². The molecule has 0 atom stereocenters. The first-order valence-electron chi connectivity index (χ1n) is 8.81. The third kappa shape index (κ3) is 7.51. The number of phenolic OH excluding ortho intramolecular Hbond substituents is 2. The van der Waals surface area contributed by atoms with Gasteiger partial charge in [0.25, 0.3) is 0 Å². The monoisotopic (exact) mass is 394 g/mol. The number of hydrogen-bond donors (Lipinski definition) is 2. The van der Waals surface area contributed by atoms with Gasteiger partial charge in [-0.2, -0.15) is 10.5 Å². The van der Waals surface area contributed by atoms with Gasteiger partial charge in [0.15, 0.2) is 0 Å². The molecule has 0 radical (unpaired) electrons. The molecule has 4 rings (SSSR count). The molecule has 0 saturated heterocycles. The average molecular weight is 394 g/mol. The normalized spacial score (nSPS) is 8.87. The van der Waals surface area contributed by atoms with Crippen molar-refractivity contribution in [3.05, 3.63) is 109 Å². The van der Waals surface area contributed by atoms with E-state index in [1.54, 1.807) is 49.1 Å². The Morgan fingerprint density at radius 1 is 0.500 bits per heavy atom. The Hall–Kier alpha value is -4.68. The van der Waals surface area contributed by atoms with Crippen LogP contribution in [0.4, 0.5) is 0 Å². The third-order valence-electron chi connectivity index (χ3n) is 3.69. The highest BCUT2D eigenvalue weighted by Gasteiger charge is 1.93. The summed E-state index contributed by atoms with van der Waals surface area (Å²) in [6.45, 7) is 0. The number of phenols is 2. The molecular weight excluding hydrogens is 376 g/mol. The van der Waals surface area contributed by atoms with Gasteiger partial charge >= 0.3 is 0 Å². The van der Waals surface area contributed by atoms with Gasteiger partial charge < -0.3 is 10.2 Å². The Kier molecular flexibility index (Phi) is 8.58. The zero-order chi connectivity index (χ0) is 21.6.